The van der Waals surface area contributed by atoms with Crippen LogP contribution in [-0.4, -0.2) is 22.8 Å². The Morgan fingerprint density at radius 3 is 2.32 bits per heavy atom. The molecule has 2 aromatic carbocycles. The predicted molar refractivity (Wildman–Crippen MR) is 112 cm³/mol. The highest BCUT2D eigenvalue weighted by atomic mass is 16.5. The first-order valence-electron chi connectivity index (χ1n) is 9.47. The zero-order valence-electron chi connectivity index (χ0n) is 17.0. The maximum atomic E-state index is 13.2. The monoisotopic (exact) mass is 377 g/mol. The third-order valence-corrected chi connectivity index (χ3v) is 5.12. The number of aryl methyl sites for hydroxylation is 2. The second kappa shape index (κ2) is 8.74. The Hall–Kier alpha value is -3.08. The van der Waals surface area contributed by atoms with Gasteiger partial charge in [0.15, 0.2) is 0 Å². The van der Waals surface area contributed by atoms with E-state index in [0.717, 1.165) is 34.0 Å². The molecule has 28 heavy (non-hydrogen) atoms. The summed E-state index contributed by atoms with van der Waals surface area (Å²) in [4.78, 5) is 15.0. The number of carbonyl (C=O) groups is 1. The second-order valence-electron chi connectivity index (χ2n) is 6.94. The zero-order chi connectivity index (χ0) is 20.1. The molecule has 0 fully saturated rings. The van der Waals surface area contributed by atoms with E-state index < -0.39 is 0 Å². The van der Waals surface area contributed by atoms with E-state index in [1.807, 2.05) is 85.1 Å². The van der Waals surface area contributed by atoms with Gasteiger partial charge in [-0.25, -0.2) is 0 Å². The van der Waals surface area contributed by atoms with Crippen LogP contribution in [0.1, 0.15) is 28.9 Å². The van der Waals surface area contributed by atoms with Crippen LogP contribution in [0.2, 0.25) is 0 Å². The van der Waals surface area contributed by atoms with Crippen molar-refractivity contribution in [2.24, 2.45) is 7.05 Å². The molecule has 0 atom stereocenters. The minimum absolute atomic E-state index is 0.0941. The van der Waals surface area contributed by atoms with E-state index in [-0.39, 0.29) is 5.91 Å². The highest BCUT2D eigenvalue weighted by molar-refractivity contribution is 5.93. The number of rotatable bonds is 7. The molecule has 0 N–H and O–H groups in total. The fourth-order valence-corrected chi connectivity index (χ4v) is 3.40. The Kier molecular flexibility index (Phi) is 6.14. The standard InChI is InChI=1S/C23H27N3O2/c1-17-22(18(2)25(3)24-17)14-15-23(27)26(16-19-8-6-5-7-9-19)20-10-12-21(28-4)13-11-20/h5-13H,14-16H2,1-4H3. The summed E-state index contributed by atoms with van der Waals surface area (Å²) in [6.45, 7) is 4.58. The highest BCUT2D eigenvalue weighted by Crippen LogP contribution is 2.23. The van der Waals surface area contributed by atoms with Crippen LogP contribution in [0.3, 0.4) is 0 Å². The first-order valence-corrected chi connectivity index (χ1v) is 9.47. The topological polar surface area (TPSA) is 47.4 Å². The third kappa shape index (κ3) is 4.42. The average molecular weight is 377 g/mol. The Bertz CT molecular complexity index is 930. The molecular formula is C23H27N3O2. The van der Waals surface area contributed by atoms with E-state index in [2.05, 4.69) is 5.10 Å². The number of anilines is 1. The molecule has 0 saturated carbocycles. The summed E-state index contributed by atoms with van der Waals surface area (Å²) in [5, 5.41) is 4.46. The lowest BCUT2D eigenvalue weighted by molar-refractivity contribution is -0.118. The van der Waals surface area contributed by atoms with Crippen molar-refractivity contribution < 1.29 is 9.53 Å². The van der Waals surface area contributed by atoms with Crippen LogP contribution in [0.15, 0.2) is 54.6 Å². The minimum Gasteiger partial charge on any atom is -0.497 e. The Morgan fingerprint density at radius 1 is 1.07 bits per heavy atom. The fourth-order valence-electron chi connectivity index (χ4n) is 3.40. The molecule has 0 bridgehead atoms. The SMILES string of the molecule is COc1ccc(N(Cc2ccccc2)C(=O)CCc2c(C)nn(C)c2C)cc1. The van der Waals surface area contributed by atoms with Crippen LogP contribution < -0.4 is 9.64 Å². The summed E-state index contributed by atoms with van der Waals surface area (Å²) in [6, 6.07) is 17.7. The molecular weight excluding hydrogens is 350 g/mol. The summed E-state index contributed by atoms with van der Waals surface area (Å²) in [6.07, 6.45) is 1.12. The van der Waals surface area contributed by atoms with Crippen molar-refractivity contribution in [1.82, 2.24) is 9.78 Å². The maximum absolute atomic E-state index is 13.2. The number of amides is 1. The number of methoxy groups -OCH3 is 1. The molecule has 1 amide bonds. The van der Waals surface area contributed by atoms with Gasteiger partial charge in [0.25, 0.3) is 0 Å². The van der Waals surface area contributed by atoms with Crippen molar-refractivity contribution >= 4 is 11.6 Å². The van der Waals surface area contributed by atoms with E-state index in [4.69, 9.17) is 4.74 Å². The summed E-state index contributed by atoms with van der Waals surface area (Å²) in [5.74, 6) is 0.870. The van der Waals surface area contributed by atoms with Crippen molar-refractivity contribution in [3.05, 3.63) is 77.1 Å². The van der Waals surface area contributed by atoms with Crippen LogP contribution in [0.5, 0.6) is 5.75 Å². The van der Waals surface area contributed by atoms with Gasteiger partial charge in [-0.05, 0) is 55.7 Å². The maximum Gasteiger partial charge on any atom is 0.227 e. The molecule has 3 rings (SSSR count). The van der Waals surface area contributed by atoms with Gasteiger partial charge in [-0.15, -0.1) is 0 Å². The Morgan fingerprint density at radius 2 is 1.75 bits per heavy atom. The second-order valence-corrected chi connectivity index (χ2v) is 6.94. The third-order valence-electron chi connectivity index (χ3n) is 5.12. The van der Waals surface area contributed by atoms with Crippen molar-refractivity contribution in [3.63, 3.8) is 0 Å². The molecule has 0 radical (unpaired) electrons. The fraction of sp³-hybridized carbons (Fsp3) is 0.304. The lowest BCUT2D eigenvalue weighted by Crippen LogP contribution is -2.30. The van der Waals surface area contributed by atoms with Crippen molar-refractivity contribution in [2.45, 2.75) is 33.2 Å². The zero-order valence-corrected chi connectivity index (χ0v) is 17.0. The molecule has 0 unspecified atom stereocenters. The van der Waals surface area contributed by atoms with Crippen LogP contribution in [0.4, 0.5) is 5.69 Å². The molecule has 146 valence electrons. The minimum atomic E-state index is 0.0941. The molecule has 5 heteroatoms. The summed E-state index contributed by atoms with van der Waals surface area (Å²) < 4.78 is 7.12. The number of carbonyl (C=O) groups excluding carboxylic acids is 1. The largest absolute Gasteiger partial charge is 0.497 e. The predicted octanol–water partition coefficient (Wildman–Crippen LogP) is 4.21. The van der Waals surface area contributed by atoms with Gasteiger partial charge in [-0.1, -0.05) is 30.3 Å². The summed E-state index contributed by atoms with van der Waals surface area (Å²) >= 11 is 0. The average Bonchev–Trinajstić information content (AvgIpc) is 2.96. The number of aromatic nitrogens is 2. The molecule has 3 aromatic rings. The van der Waals surface area contributed by atoms with Crippen LogP contribution in [0, 0.1) is 13.8 Å². The van der Waals surface area contributed by atoms with E-state index in [1.165, 1.54) is 0 Å². The first kappa shape index (κ1) is 19.7. The van der Waals surface area contributed by atoms with E-state index in [9.17, 15) is 4.79 Å². The van der Waals surface area contributed by atoms with Gasteiger partial charge in [-0.2, -0.15) is 5.10 Å². The van der Waals surface area contributed by atoms with Gasteiger partial charge in [0, 0.05) is 24.8 Å². The van der Waals surface area contributed by atoms with E-state index in [0.29, 0.717) is 19.4 Å². The van der Waals surface area contributed by atoms with Crippen molar-refractivity contribution in [1.29, 1.82) is 0 Å². The van der Waals surface area contributed by atoms with Crippen molar-refractivity contribution in [3.8, 4) is 5.75 Å². The van der Waals surface area contributed by atoms with Gasteiger partial charge in [0.1, 0.15) is 5.75 Å². The van der Waals surface area contributed by atoms with Gasteiger partial charge in [-0.3, -0.25) is 9.48 Å². The van der Waals surface area contributed by atoms with Gasteiger partial charge < -0.3 is 9.64 Å². The smallest absolute Gasteiger partial charge is 0.227 e. The normalized spacial score (nSPS) is 10.7. The number of benzene rings is 2. The molecule has 1 heterocycles. The van der Waals surface area contributed by atoms with Gasteiger partial charge >= 0.3 is 0 Å². The molecule has 0 aliphatic heterocycles. The van der Waals surface area contributed by atoms with Crippen LogP contribution >= 0.6 is 0 Å². The molecule has 5 nitrogen and oxygen atoms in total. The van der Waals surface area contributed by atoms with Crippen LogP contribution in [0.25, 0.3) is 0 Å². The number of ether oxygens (including phenoxy) is 1. The quantitative estimate of drug-likeness (QED) is 0.620. The lowest BCUT2D eigenvalue weighted by atomic mass is 10.1. The Balaban J connectivity index is 1.81. The molecule has 1 aromatic heterocycles. The lowest BCUT2D eigenvalue weighted by Gasteiger charge is -2.23. The molecule has 0 saturated heterocycles. The van der Waals surface area contributed by atoms with E-state index in [1.54, 1.807) is 7.11 Å². The van der Waals surface area contributed by atoms with Gasteiger partial charge in [0.2, 0.25) is 5.91 Å². The summed E-state index contributed by atoms with van der Waals surface area (Å²) in [7, 11) is 3.58. The molecule has 0 aliphatic carbocycles. The summed E-state index contributed by atoms with van der Waals surface area (Å²) in [5.41, 5.74) is 5.23. The molecule has 0 spiro atoms. The first-order chi connectivity index (χ1) is 13.5. The number of nitrogens with zero attached hydrogens (tertiary/aromatic N) is 3. The number of hydrogen-bond donors (Lipinski definition) is 0. The van der Waals surface area contributed by atoms with Crippen molar-refractivity contribution in [2.75, 3.05) is 12.0 Å². The van der Waals surface area contributed by atoms with Gasteiger partial charge in [0.05, 0.1) is 19.3 Å². The number of hydrogen-bond acceptors (Lipinski definition) is 3. The molecule has 0 aliphatic rings. The highest BCUT2D eigenvalue weighted by Gasteiger charge is 2.18. The van der Waals surface area contributed by atoms with E-state index >= 15 is 0 Å². The Labute approximate surface area is 166 Å². The van der Waals surface area contributed by atoms with Crippen LogP contribution in [-0.2, 0) is 24.8 Å².